The summed E-state index contributed by atoms with van der Waals surface area (Å²) in [5.74, 6) is 0.548. The van der Waals surface area contributed by atoms with Crippen molar-refractivity contribution in [2.75, 3.05) is 32.1 Å². The zero-order valence-electron chi connectivity index (χ0n) is 13.1. The van der Waals surface area contributed by atoms with Crippen LogP contribution in [-0.4, -0.2) is 52.4 Å². The van der Waals surface area contributed by atoms with Crippen molar-refractivity contribution >= 4 is 40.3 Å². The van der Waals surface area contributed by atoms with Crippen LogP contribution in [0.4, 0.5) is 0 Å². The molecule has 1 fully saturated rings. The second-order valence-electron chi connectivity index (χ2n) is 5.46. The number of halogens is 1. The van der Waals surface area contributed by atoms with E-state index in [1.165, 1.54) is 11.8 Å². The minimum Gasteiger partial charge on any atom is -0.378 e. The summed E-state index contributed by atoms with van der Waals surface area (Å²) in [7, 11) is 0. The molecule has 1 aromatic heterocycles. The van der Waals surface area contributed by atoms with Gasteiger partial charge in [-0.15, -0.1) is 0 Å². The van der Waals surface area contributed by atoms with Gasteiger partial charge in [-0.25, -0.2) is 4.98 Å². The molecular weight excluding hydrogens is 334 g/mol. The average molecular weight is 354 g/mol. The molecular formula is C16H20ClN3O2S. The third kappa shape index (κ3) is 3.82. The number of carbonyl (C=O) groups excluding carboxylic acids is 1. The topological polar surface area (TPSA) is 47.4 Å². The highest BCUT2D eigenvalue weighted by Crippen LogP contribution is 2.26. The van der Waals surface area contributed by atoms with Gasteiger partial charge in [0.25, 0.3) is 0 Å². The Balaban J connectivity index is 1.76. The lowest BCUT2D eigenvalue weighted by molar-refractivity contribution is -0.132. The van der Waals surface area contributed by atoms with Gasteiger partial charge in [-0.2, -0.15) is 0 Å². The second kappa shape index (κ2) is 7.55. The highest BCUT2D eigenvalue weighted by Gasteiger charge is 2.19. The lowest BCUT2D eigenvalue weighted by atomic mass is 10.3. The number of aryl methyl sites for hydroxylation is 1. The minimum atomic E-state index is 0.145. The van der Waals surface area contributed by atoms with Crippen molar-refractivity contribution in [3.8, 4) is 0 Å². The van der Waals surface area contributed by atoms with Gasteiger partial charge < -0.3 is 14.2 Å². The molecule has 0 spiro atoms. The average Bonchev–Trinajstić information content (AvgIpc) is 2.90. The molecule has 1 aromatic carbocycles. The first-order valence-electron chi connectivity index (χ1n) is 7.83. The van der Waals surface area contributed by atoms with E-state index in [0.717, 1.165) is 29.2 Å². The first kappa shape index (κ1) is 16.6. The molecule has 1 saturated heterocycles. The van der Waals surface area contributed by atoms with Crippen molar-refractivity contribution in [3.63, 3.8) is 0 Å². The normalized spacial score (nSPS) is 15.3. The monoisotopic (exact) mass is 353 g/mol. The van der Waals surface area contributed by atoms with Crippen molar-refractivity contribution in [1.29, 1.82) is 0 Å². The summed E-state index contributed by atoms with van der Waals surface area (Å²) in [6.45, 7) is 5.63. The van der Waals surface area contributed by atoms with Crippen LogP contribution in [0.3, 0.4) is 0 Å². The number of aromatic nitrogens is 2. The molecule has 0 saturated carbocycles. The molecule has 1 aliphatic heterocycles. The molecule has 124 valence electrons. The van der Waals surface area contributed by atoms with Crippen molar-refractivity contribution in [3.05, 3.63) is 23.2 Å². The van der Waals surface area contributed by atoms with Crippen LogP contribution in [-0.2, 0) is 16.1 Å². The van der Waals surface area contributed by atoms with E-state index in [-0.39, 0.29) is 5.91 Å². The van der Waals surface area contributed by atoms with Crippen molar-refractivity contribution < 1.29 is 9.53 Å². The number of carbonyl (C=O) groups is 1. The Kier molecular flexibility index (Phi) is 5.46. The first-order chi connectivity index (χ1) is 11.2. The molecule has 5 nitrogen and oxygen atoms in total. The molecule has 2 heterocycles. The van der Waals surface area contributed by atoms with Crippen LogP contribution in [0.25, 0.3) is 11.0 Å². The van der Waals surface area contributed by atoms with E-state index >= 15 is 0 Å². The quantitative estimate of drug-likeness (QED) is 0.775. The third-order valence-electron chi connectivity index (χ3n) is 3.81. The number of ether oxygens (including phenoxy) is 1. The van der Waals surface area contributed by atoms with Gasteiger partial charge in [0.15, 0.2) is 5.16 Å². The number of morpholine rings is 1. The number of hydrogen-bond donors (Lipinski definition) is 0. The molecule has 2 aromatic rings. The molecule has 0 radical (unpaired) electrons. The Morgan fingerprint density at radius 2 is 2.17 bits per heavy atom. The molecule has 7 heteroatoms. The highest BCUT2D eigenvalue weighted by molar-refractivity contribution is 7.99. The van der Waals surface area contributed by atoms with E-state index < -0.39 is 0 Å². The van der Waals surface area contributed by atoms with E-state index in [0.29, 0.717) is 37.1 Å². The standard InChI is InChI=1S/C16H20ClN3O2S/c1-2-5-20-14-4-3-12(17)10-13(14)18-16(20)23-11-15(21)19-6-8-22-9-7-19/h3-4,10H,2,5-9,11H2,1H3. The van der Waals surface area contributed by atoms with E-state index in [4.69, 9.17) is 16.3 Å². The maximum absolute atomic E-state index is 12.3. The molecule has 1 aliphatic rings. The van der Waals surface area contributed by atoms with Gasteiger partial charge >= 0.3 is 0 Å². The van der Waals surface area contributed by atoms with E-state index in [2.05, 4.69) is 16.5 Å². The van der Waals surface area contributed by atoms with Gasteiger partial charge in [0.1, 0.15) is 0 Å². The Morgan fingerprint density at radius 3 is 2.91 bits per heavy atom. The second-order valence-corrected chi connectivity index (χ2v) is 6.84. The summed E-state index contributed by atoms with van der Waals surface area (Å²) in [6, 6.07) is 5.75. The van der Waals surface area contributed by atoms with Crippen LogP contribution in [0, 0.1) is 0 Å². The van der Waals surface area contributed by atoms with Crippen LogP contribution >= 0.6 is 23.4 Å². The minimum absolute atomic E-state index is 0.145. The largest absolute Gasteiger partial charge is 0.378 e. The fourth-order valence-electron chi connectivity index (χ4n) is 2.66. The summed E-state index contributed by atoms with van der Waals surface area (Å²) in [5.41, 5.74) is 1.95. The molecule has 3 rings (SSSR count). The number of hydrogen-bond acceptors (Lipinski definition) is 4. The molecule has 0 aliphatic carbocycles. The van der Waals surface area contributed by atoms with Crippen LogP contribution < -0.4 is 0 Å². The SMILES string of the molecule is CCCn1c(SCC(=O)N2CCOCC2)nc2cc(Cl)ccc21. The van der Waals surface area contributed by atoms with Crippen LogP contribution in [0.15, 0.2) is 23.4 Å². The molecule has 0 atom stereocenters. The molecule has 0 N–H and O–H groups in total. The van der Waals surface area contributed by atoms with E-state index in [9.17, 15) is 4.79 Å². The predicted octanol–water partition coefficient (Wildman–Crippen LogP) is 3.05. The zero-order chi connectivity index (χ0) is 16.2. The Labute approximate surface area is 144 Å². The van der Waals surface area contributed by atoms with Gasteiger partial charge in [-0.1, -0.05) is 30.3 Å². The van der Waals surface area contributed by atoms with Crippen molar-refractivity contribution in [1.82, 2.24) is 14.5 Å². The first-order valence-corrected chi connectivity index (χ1v) is 9.19. The predicted molar refractivity (Wildman–Crippen MR) is 93.2 cm³/mol. The van der Waals surface area contributed by atoms with Crippen molar-refractivity contribution in [2.24, 2.45) is 0 Å². The van der Waals surface area contributed by atoms with Crippen LogP contribution in [0.5, 0.6) is 0 Å². The zero-order valence-corrected chi connectivity index (χ0v) is 14.7. The van der Waals surface area contributed by atoms with Crippen molar-refractivity contribution in [2.45, 2.75) is 25.0 Å². The Bertz CT molecular complexity index is 698. The smallest absolute Gasteiger partial charge is 0.233 e. The maximum Gasteiger partial charge on any atom is 0.233 e. The molecule has 0 bridgehead atoms. The summed E-state index contributed by atoms with van der Waals surface area (Å²) < 4.78 is 7.45. The van der Waals surface area contributed by atoms with Gasteiger partial charge in [0.05, 0.1) is 30.0 Å². The van der Waals surface area contributed by atoms with E-state index in [1.54, 1.807) is 0 Å². The molecule has 0 unspecified atom stereocenters. The molecule has 23 heavy (non-hydrogen) atoms. The number of benzene rings is 1. The highest BCUT2D eigenvalue weighted by atomic mass is 35.5. The van der Waals surface area contributed by atoms with Gasteiger partial charge in [-0.05, 0) is 24.6 Å². The fraction of sp³-hybridized carbons (Fsp3) is 0.500. The van der Waals surface area contributed by atoms with Gasteiger partial charge in [0, 0.05) is 24.7 Å². The summed E-state index contributed by atoms with van der Waals surface area (Å²) in [5, 5.41) is 1.56. The summed E-state index contributed by atoms with van der Waals surface area (Å²) in [4.78, 5) is 18.8. The number of fused-ring (bicyclic) bond motifs is 1. The summed E-state index contributed by atoms with van der Waals surface area (Å²) in [6.07, 6.45) is 1.01. The number of nitrogens with zero attached hydrogens (tertiary/aromatic N) is 3. The Hall–Kier alpha value is -1.24. The number of rotatable bonds is 5. The lowest BCUT2D eigenvalue weighted by Crippen LogP contribution is -2.41. The molecule has 1 amide bonds. The van der Waals surface area contributed by atoms with Crippen LogP contribution in [0.1, 0.15) is 13.3 Å². The number of amides is 1. The van der Waals surface area contributed by atoms with Gasteiger partial charge in [0.2, 0.25) is 5.91 Å². The maximum atomic E-state index is 12.3. The number of thioether (sulfide) groups is 1. The summed E-state index contributed by atoms with van der Waals surface area (Å²) >= 11 is 7.55. The van der Waals surface area contributed by atoms with Gasteiger partial charge in [-0.3, -0.25) is 4.79 Å². The number of imidazole rings is 1. The van der Waals surface area contributed by atoms with Crippen LogP contribution in [0.2, 0.25) is 5.02 Å². The Morgan fingerprint density at radius 1 is 1.39 bits per heavy atom. The fourth-order valence-corrected chi connectivity index (χ4v) is 3.77. The van der Waals surface area contributed by atoms with E-state index in [1.807, 2.05) is 23.1 Å². The third-order valence-corrected chi connectivity index (χ3v) is 5.01. The lowest BCUT2D eigenvalue weighted by Gasteiger charge is -2.26.